The van der Waals surface area contributed by atoms with E-state index < -0.39 is 45.3 Å². The molecule has 4 N–H and O–H groups in total. The smallest absolute Gasteiger partial charge is 0.409 e. The Bertz CT molecular complexity index is 1570. The van der Waals surface area contributed by atoms with Gasteiger partial charge in [0.15, 0.2) is 0 Å². The van der Waals surface area contributed by atoms with E-state index in [-0.39, 0.29) is 21.3 Å². The number of halogens is 5. The quantitative estimate of drug-likeness (QED) is 0.237. The van der Waals surface area contributed by atoms with Gasteiger partial charge in [0.1, 0.15) is 15.9 Å². The maximum Gasteiger partial charge on any atom is 0.409 e. The van der Waals surface area contributed by atoms with Crippen LogP contribution < -0.4 is 21.1 Å². The molecule has 1 aliphatic carbocycles. The number of nitrogens with one attached hydrogen (secondary N) is 2. The first-order valence-electron chi connectivity index (χ1n) is 12.4. The van der Waals surface area contributed by atoms with Gasteiger partial charge in [0, 0.05) is 22.9 Å². The van der Waals surface area contributed by atoms with Crippen LogP contribution in [-0.4, -0.2) is 22.2 Å². The molecule has 41 heavy (non-hydrogen) atoms. The second-order valence-corrected chi connectivity index (χ2v) is 13.0. The van der Waals surface area contributed by atoms with E-state index in [9.17, 15) is 18.8 Å². The number of benzene rings is 3. The van der Waals surface area contributed by atoms with E-state index in [0.717, 1.165) is 0 Å². The number of carbonyl (C=O) groups excluding carboxylic acids is 3. The number of alkyl halides is 2. The van der Waals surface area contributed by atoms with Crippen LogP contribution in [0.5, 0.6) is 5.75 Å². The first kappa shape index (κ1) is 30.9. The van der Waals surface area contributed by atoms with Crippen LogP contribution >= 0.6 is 46.4 Å². The second-order valence-electron chi connectivity index (χ2n) is 10.7. The topological polar surface area (TPSA) is 111 Å². The summed E-state index contributed by atoms with van der Waals surface area (Å²) < 4.78 is 17.4. The van der Waals surface area contributed by atoms with Crippen molar-refractivity contribution >= 4 is 75.7 Å². The predicted molar refractivity (Wildman–Crippen MR) is 160 cm³/mol. The number of rotatable bonds is 6. The molecule has 0 radical (unpaired) electrons. The van der Waals surface area contributed by atoms with E-state index in [4.69, 9.17) is 56.9 Å². The standard InChI is InChI=1S/C29H26Cl4FN3O4/c1-13-20(9-10-21(41-27(35)40)22(13)28(2,3)4)37-25(38)16-12-15(6-7-17(16)30)36-26(39)24-23(29(24,32)33)14-5-8-19(34)18(31)11-14/h5-12,23-24H,1-4H3,(H2,35,40)(H,36,39)(H,37,38)/t23-,24+/m0/s1. The molecule has 4 rings (SSSR count). The van der Waals surface area contributed by atoms with Crippen LogP contribution in [0.2, 0.25) is 10.0 Å². The molecule has 12 heteroatoms. The van der Waals surface area contributed by atoms with Crippen molar-refractivity contribution in [3.05, 3.63) is 86.6 Å². The lowest BCUT2D eigenvalue weighted by atomic mass is 9.82. The third-order valence-electron chi connectivity index (χ3n) is 6.75. The third-order valence-corrected chi connectivity index (χ3v) is 8.31. The van der Waals surface area contributed by atoms with Gasteiger partial charge in [-0.05, 0) is 65.9 Å². The number of amides is 3. The first-order valence-corrected chi connectivity index (χ1v) is 13.9. The van der Waals surface area contributed by atoms with Gasteiger partial charge in [0.05, 0.1) is 21.5 Å². The minimum absolute atomic E-state index is 0.0966. The average Bonchev–Trinajstić information content (AvgIpc) is 3.44. The zero-order valence-corrected chi connectivity index (χ0v) is 25.4. The Labute approximate surface area is 256 Å². The molecule has 2 atom stereocenters. The molecule has 0 heterocycles. The molecule has 0 spiro atoms. The highest BCUT2D eigenvalue weighted by molar-refractivity contribution is 6.53. The minimum atomic E-state index is -1.43. The van der Waals surface area contributed by atoms with Crippen molar-refractivity contribution in [2.45, 2.75) is 43.4 Å². The Hall–Kier alpha value is -3.04. The Kier molecular flexibility index (Phi) is 8.54. The van der Waals surface area contributed by atoms with Crippen molar-refractivity contribution in [3.8, 4) is 5.75 Å². The van der Waals surface area contributed by atoms with Gasteiger partial charge in [-0.2, -0.15) is 0 Å². The zero-order chi connectivity index (χ0) is 30.4. The summed E-state index contributed by atoms with van der Waals surface area (Å²) in [6, 6.07) is 11.6. The normalized spacial score (nSPS) is 17.5. The van der Waals surface area contributed by atoms with Crippen molar-refractivity contribution < 1.29 is 23.5 Å². The monoisotopic (exact) mass is 639 g/mol. The lowest BCUT2D eigenvalue weighted by Crippen LogP contribution is -2.22. The fourth-order valence-electron chi connectivity index (χ4n) is 4.91. The molecule has 3 aromatic carbocycles. The number of hydrogen-bond acceptors (Lipinski definition) is 4. The summed E-state index contributed by atoms with van der Waals surface area (Å²) in [5.74, 6) is -2.80. The molecule has 0 unspecified atom stereocenters. The predicted octanol–water partition coefficient (Wildman–Crippen LogP) is 7.97. The summed E-state index contributed by atoms with van der Waals surface area (Å²) in [5.41, 5.74) is 7.51. The van der Waals surface area contributed by atoms with Gasteiger partial charge in [-0.15, -0.1) is 23.2 Å². The number of nitrogens with two attached hydrogens (primary N) is 1. The molecule has 0 aliphatic heterocycles. The summed E-state index contributed by atoms with van der Waals surface area (Å²) in [6.07, 6.45) is -0.947. The van der Waals surface area contributed by atoms with E-state index in [2.05, 4.69) is 10.6 Å². The molecule has 7 nitrogen and oxygen atoms in total. The molecule has 3 amide bonds. The molecule has 216 valence electrons. The van der Waals surface area contributed by atoms with Crippen molar-refractivity contribution in [3.63, 3.8) is 0 Å². The van der Waals surface area contributed by atoms with E-state index >= 15 is 0 Å². The molecule has 1 aliphatic rings. The largest absolute Gasteiger partial charge is 0.410 e. The summed E-state index contributed by atoms with van der Waals surface area (Å²) in [6.45, 7) is 7.59. The van der Waals surface area contributed by atoms with Crippen LogP contribution in [0.3, 0.4) is 0 Å². The summed E-state index contributed by atoms with van der Waals surface area (Å²) in [5, 5.41) is 5.60. The molecule has 3 aromatic rings. The molecule has 0 bridgehead atoms. The molecule has 1 fully saturated rings. The maximum absolute atomic E-state index is 13.6. The number of carbonyl (C=O) groups is 3. The highest BCUT2D eigenvalue weighted by Gasteiger charge is 2.67. The molecule has 1 saturated carbocycles. The van der Waals surface area contributed by atoms with Crippen LogP contribution in [0.4, 0.5) is 20.6 Å². The van der Waals surface area contributed by atoms with E-state index in [1.54, 1.807) is 19.1 Å². The van der Waals surface area contributed by atoms with Crippen LogP contribution in [-0.2, 0) is 10.2 Å². The molecule has 0 saturated heterocycles. The van der Waals surface area contributed by atoms with Crippen molar-refractivity contribution in [2.24, 2.45) is 11.7 Å². The number of ether oxygens (including phenoxy) is 1. The van der Waals surface area contributed by atoms with Gasteiger partial charge in [-0.25, -0.2) is 9.18 Å². The fraction of sp³-hybridized carbons (Fsp3) is 0.276. The second kappa shape index (κ2) is 11.3. The zero-order valence-electron chi connectivity index (χ0n) is 22.4. The van der Waals surface area contributed by atoms with E-state index in [0.29, 0.717) is 28.1 Å². The highest BCUT2D eigenvalue weighted by Crippen LogP contribution is 2.65. The molecular weight excluding hydrogens is 615 g/mol. The fourth-order valence-corrected chi connectivity index (χ4v) is 6.13. The Morgan fingerprint density at radius 1 is 0.976 bits per heavy atom. The molecule has 0 aromatic heterocycles. The van der Waals surface area contributed by atoms with Crippen molar-refractivity contribution in [2.75, 3.05) is 10.6 Å². The molecular formula is C29H26Cl4FN3O4. The summed E-state index contributed by atoms with van der Waals surface area (Å²) >= 11 is 25.0. The number of primary amides is 1. The average molecular weight is 641 g/mol. The summed E-state index contributed by atoms with van der Waals surface area (Å²) in [7, 11) is 0. The number of anilines is 2. The van der Waals surface area contributed by atoms with Gasteiger partial charge in [0.25, 0.3) is 5.91 Å². The Morgan fingerprint density at radius 2 is 1.66 bits per heavy atom. The first-order chi connectivity index (χ1) is 19.0. The SMILES string of the molecule is Cc1c(NC(=O)c2cc(NC(=O)[C@H]3[C@H](c4ccc(F)c(Cl)c4)C3(Cl)Cl)ccc2Cl)ccc(OC(N)=O)c1C(C)(C)C. The Balaban J connectivity index is 1.55. The van der Waals surface area contributed by atoms with Crippen LogP contribution in [0.15, 0.2) is 48.5 Å². The number of hydrogen-bond donors (Lipinski definition) is 3. The van der Waals surface area contributed by atoms with Gasteiger partial charge in [-0.1, -0.05) is 50.0 Å². The van der Waals surface area contributed by atoms with Crippen molar-refractivity contribution in [1.29, 1.82) is 0 Å². The Morgan fingerprint density at radius 3 is 2.27 bits per heavy atom. The lowest BCUT2D eigenvalue weighted by molar-refractivity contribution is -0.117. The minimum Gasteiger partial charge on any atom is -0.410 e. The van der Waals surface area contributed by atoms with E-state index in [1.165, 1.54) is 36.4 Å². The van der Waals surface area contributed by atoms with Crippen LogP contribution in [0.1, 0.15) is 53.7 Å². The van der Waals surface area contributed by atoms with Crippen molar-refractivity contribution in [1.82, 2.24) is 0 Å². The van der Waals surface area contributed by atoms with Gasteiger partial charge < -0.3 is 21.1 Å². The van der Waals surface area contributed by atoms with Crippen LogP contribution in [0.25, 0.3) is 0 Å². The van der Waals surface area contributed by atoms with Gasteiger partial charge in [-0.3, -0.25) is 9.59 Å². The van der Waals surface area contributed by atoms with E-state index in [1.807, 2.05) is 20.8 Å². The maximum atomic E-state index is 13.6. The third kappa shape index (κ3) is 6.41. The highest BCUT2D eigenvalue weighted by atomic mass is 35.5. The summed E-state index contributed by atoms with van der Waals surface area (Å²) in [4.78, 5) is 37.8. The lowest BCUT2D eigenvalue weighted by Gasteiger charge is -2.26. The van der Waals surface area contributed by atoms with Gasteiger partial charge >= 0.3 is 6.09 Å². The van der Waals surface area contributed by atoms with Crippen LogP contribution in [0, 0.1) is 18.7 Å². The van der Waals surface area contributed by atoms with Gasteiger partial charge in [0.2, 0.25) is 5.91 Å².